The molecule has 1 heterocycles. The largest absolute Gasteiger partial charge is 0.396 e. The minimum absolute atomic E-state index is 0.659. The lowest BCUT2D eigenvalue weighted by Gasteiger charge is -2.08. The minimum atomic E-state index is 0.659. The molecule has 0 aliphatic heterocycles. The molecule has 0 spiro atoms. The van der Waals surface area contributed by atoms with Crippen molar-refractivity contribution in [1.29, 1.82) is 0 Å². The van der Waals surface area contributed by atoms with Gasteiger partial charge in [-0.1, -0.05) is 36.4 Å². The van der Waals surface area contributed by atoms with Gasteiger partial charge < -0.3 is 11.1 Å². The van der Waals surface area contributed by atoms with Gasteiger partial charge in [0.2, 0.25) is 0 Å². The Kier molecular flexibility index (Phi) is 2.80. The molecule has 0 amide bonds. The summed E-state index contributed by atoms with van der Waals surface area (Å²) in [5.74, 6) is 0.714. The van der Waals surface area contributed by atoms with E-state index in [4.69, 9.17) is 5.73 Å². The van der Waals surface area contributed by atoms with E-state index in [1.165, 1.54) is 10.8 Å². The van der Waals surface area contributed by atoms with E-state index in [0.717, 1.165) is 11.3 Å². The van der Waals surface area contributed by atoms with Crippen LogP contribution in [0.5, 0.6) is 0 Å². The number of hydrogen-bond acceptors (Lipinski definition) is 3. The smallest absolute Gasteiger partial charge is 0.149 e. The second-order valence-electron chi connectivity index (χ2n) is 4.45. The molecule has 0 unspecified atom stereocenters. The average Bonchev–Trinajstić information content (AvgIpc) is 2.47. The third kappa shape index (κ3) is 2.10. The van der Waals surface area contributed by atoms with E-state index in [1.807, 2.05) is 31.3 Å². The van der Waals surface area contributed by atoms with Gasteiger partial charge >= 0.3 is 0 Å². The molecular weight excluding hydrogens is 234 g/mol. The van der Waals surface area contributed by atoms with E-state index in [-0.39, 0.29) is 0 Å². The van der Waals surface area contributed by atoms with Gasteiger partial charge in [-0.25, -0.2) is 4.98 Å². The lowest BCUT2D eigenvalue weighted by Crippen LogP contribution is -1.99. The van der Waals surface area contributed by atoms with Gasteiger partial charge in [0.1, 0.15) is 5.82 Å². The van der Waals surface area contributed by atoms with Crippen molar-refractivity contribution in [3.63, 3.8) is 0 Å². The van der Waals surface area contributed by atoms with Crippen molar-refractivity contribution in [3.8, 4) is 11.3 Å². The summed E-state index contributed by atoms with van der Waals surface area (Å²) < 4.78 is 0. The molecular formula is C16H15N3. The molecule has 3 aromatic rings. The van der Waals surface area contributed by atoms with Gasteiger partial charge in [0, 0.05) is 12.6 Å². The van der Waals surface area contributed by atoms with Gasteiger partial charge in [0.25, 0.3) is 0 Å². The van der Waals surface area contributed by atoms with Crippen LogP contribution in [-0.4, -0.2) is 12.0 Å². The molecule has 3 rings (SSSR count). The molecule has 0 saturated heterocycles. The van der Waals surface area contributed by atoms with Gasteiger partial charge in [0.15, 0.2) is 0 Å². The Hall–Kier alpha value is -2.55. The molecule has 19 heavy (non-hydrogen) atoms. The SMILES string of the molecule is CNc1nc(-c2ccc3ccccc3c2)ccc1N. The minimum Gasteiger partial charge on any atom is -0.396 e. The first-order valence-electron chi connectivity index (χ1n) is 6.21. The molecule has 3 nitrogen and oxygen atoms in total. The molecule has 3 N–H and O–H groups in total. The first-order chi connectivity index (χ1) is 9.28. The predicted molar refractivity (Wildman–Crippen MR) is 81.1 cm³/mol. The van der Waals surface area contributed by atoms with Crippen LogP contribution in [0.1, 0.15) is 0 Å². The lowest BCUT2D eigenvalue weighted by molar-refractivity contribution is 1.29. The maximum atomic E-state index is 5.84. The van der Waals surface area contributed by atoms with Crippen molar-refractivity contribution in [2.45, 2.75) is 0 Å². The molecule has 2 aromatic carbocycles. The number of fused-ring (bicyclic) bond motifs is 1. The molecule has 0 aliphatic rings. The van der Waals surface area contributed by atoms with E-state index >= 15 is 0 Å². The van der Waals surface area contributed by atoms with Crippen LogP contribution in [0.25, 0.3) is 22.0 Å². The van der Waals surface area contributed by atoms with E-state index < -0.39 is 0 Å². The van der Waals surface area contributed by atoms with Crippen molar-refractivity contribution >= 4 is 22.3 Å². The highest BCUT2D eigenvalue weighted by Gasteiger charge is 2.04. The Labute approximate surface area is 112 Å². The van der Waals surface area contributed by atoms with Crippen LogP contribution in [0.4, 0.5) is 11.5 Å². The molecule has 0 radical (unpaired) electrons. The summed E-state index contributed by atoms with van der Waals surface area (Å²) >= 11 is 0. The summed E-state index contributed by atoms with van der Waals surface area (Å²) in [7, 11) is 1.82. The predicted octanol–water partition coefficient (Wildman–Crippen LogP) is 3.53. The first kappa shape index (κ1) is 11.5. The molecule has 0 saturated carbocycles. The fourth-order valence-corrected chi connectivity index (χ4v) is 2.18. The Morgan fingerprint density at radius 3 is 2.53 bits per heavy atom. The van der Waals surface area contributed by atoms with Crippen LogP contribution in [0.3, 0.4) is 0 Å². The molecule has 0 aliphatic carbocycles. The molecule has 94 valence electrons. The van der Waals surface area contributed by atoms with E-state index in [2.05, 4.69) is 40.6 Å². The summed E-state index contributed by atoms with van der Waals surface area (Å²) in [6, 6.07) is 18.5. The topological polar surface area (TPSA) is 50.9 Å². The van der Waals surface area contributed by atoms with Gasteiger partial charge in [-0.15, -0.1) is 0 Å². The number of pyridine rings is 1. The highest BCUT2D eigenvalue weighted by molar-refractivity contribution is 5.87. The van der Waals surface area contributed by atoms with Crippen molar-refractivity contribution in [3.05, 3.63) is 54.6 Å². The van der Waals surface area contributed by atoms with Gasteiger partial charge in [0.05, 0.1) is 11.4 Å². The fraction of sp³-hybridized carbons (Fsp3) is 0.0625. The maximum Gasteiger partial charge on any atom is 0.149 e. The second-order valence-corrected chi connectivity index (χ2v) is 4.45. The summed E-state index contributed by atoms with van der Waals surface area (Å²) in [5.41, 5.74) is 8.52. The number of anilines is 2. The van der Waals surface area contributed by atoms with Crippen LogP contribution in [0, 0.1) is 0 Å². The lowest BCUT2D eigenvalue weighted by atomic mass is 10.0. The number of aromatic nitrogens is 1. The zero-order valence-electron chi connectivity index (χ0n) is 10.7. The van der Waals surface area contributed by atoms with Gasteiger partial charge in [-0.3, -0.25) is 0 Å². The monoisotopic (exact) mass is 249 g/mol. The van der Waals surface area contributed by atoms with Crippen molar-refractivity contribution in [1.82, 2.24) is 4.98 Å². The van der Waals surface area contributed by atoms with Crippen molar-refractivity contribution in [2.24, 2.45) is 0 Å². The number of rotatable bonds is 2. The molecule has 1 aromatic heterocycles. The normalized spacial score (nSPS) is 10.6. The van der Waals surface area contributed by atoms with Crippen molar-refractivity contribution < 1.29 is 0 Å². The summed E-state index contributed by atoms with van der Waals surface area (Å²) in [5, 5.41) is 5.45. The fourth-order valence-electron chi connectivity index (χ4n) is 2.18. The standard InChI is InChI=1S/C16H15N3/c1-18-16-14(17)8-9-15(19-16)13-7-6-11-4-2-3-5-12(11)10-13/h2-10H,17H2,1H3,(H,18,19). The Balaban J connectivity index is 2.13. The molecule has 0 atom stereocenters. The average molecular weight is 249 g/mol. The van der Waals surface area contributed by atoms with E-state index in [1.54, 1.807) is 0 Å². The number of nitrogens with one attached hydrogen (secondary N) is 1. The zero-order chi connectivity index (χ0) is 13.2. The highest BCUT2D eigenvalue weighted by Crippen LogP contribution is 2.26. The van der Waals surface area contributed by atoms with E-state index in [0.29, 0.717) is 11.5 Å². The van der Waals surface area contributed by atoms with Crippen LogP contribution >= 0.6 is 0 Å². The van der Waals surface area contributed by atoms with Crippen LogP contribution < -0.4 is 11.1 Å². The Bertz CT molecular complexity index is 735. The quantitative estimate of drug-likeness (QED) is 0.730. The number of nitrogen functional groups attached to an aromatic ring is 1. The van der Waals surface area contributed by atoms with E-state index in [9.17, 15) is 0 Å². The number of nitrogens with two attached hydrogens (primary N) is 1. The molecule has 0 fully saturated rings. The summed E-state index contributed by atoms with van der Waals surface area (Å²) in [6.45, 7) is 0. The first-order valence-corrected chi connectivity index (χ1v) is 6.21. The van der Waals surface area contributed by atoms with Crippen LogP contribution in [0.2, 0.25) is 0 Å². The summed E-state index contributed by atoms with van der Waals surface area (Å²) in [4.78, 5) is 4.53. The number of benzene rings is 2. The molecule has 0 bridgehead atoms. The number of hydrogen-bond donors (Lipinski definition) is 2. The summed E-state index contributed by atoms with van der Waals surface area (Å²) in [6.07, 6.45) is 0. The number of nitrogens with zero attached hydrogens (tertiary/aromatic N) is 1. The third-order valence-electron chi connectivity index (χ3n) is 3.21. The third-order valence-corrected chi connectivity index (χ3v) is 3.21. The zero-order valence-corrected chi connectivity index (χ0v) is 10.7. The highest BCUT2D eigenvalue weighted by atomic mass is 15.0. The Morgan fingerprint density at radius 1 is 0.947 bits per heavy atom. The second kappa shape index (κ2) is 4.61. The van der Waals surface area contributed by atoms with Crippen LogP contribution in [0.15, 0.2) is 54.6 Å². The molecule has 3 heteroatoms. The maximum absolute atomic E-state index is 5.84. The van der Waals surface area contributed by atoms with Crippen LogP contribution in [-0.2, 0) is 0 Å². The Morgan fingerprint density at radius 2 is 1.74 bits per heavy atom. The van der Waals surface area contributed by atoms with Gasteiger partial charge in [-0.2, -0.15) is 0 Å². The van der Waals surface area contributed by atoms with Gasteiger partial charge in [-0.05, 0) is 29.0 Å². The van der Waals surface area contributed by atoms with Crippen molar-refractivity contribution in [2.75, 3.05) is 18.1 Å².